The van der Waals surface area contributed by atoms with E-state index in [4.69, 9.17) is 0 Å². The van der Waals surface area contributed by atoms with Gasteiger partial charge in [0.05, 0.1) is 0 Å². The summed E-state index contributed by atoms with van der Waals surface area (Å²) >= 11 is 0. The third kappa shape index (κ3) is 7.17. The number of amides is 1. The standard InChI is InChI=1S/C20H31FN4O2/c1-2-22-19(24-15-20(11-12-26)9-4-3-5-10-20)23-14-18(27)25-17-8-6-7-16(21)13-17/h6-8,13,26H,2-5,9-12,14-15H2,1H3,(H,25,27)(H2,22,23,24). The zero-order valence-electron chi connectivity index (χ0n) is 16.1. The quantitative estimate of drug-likeness (QED) is 0.414. The SMILES string of the molecule is CCNC(=NCC(=O)Nc1cccc(F)c1)NCC1(CCO)CCCCC1. The molecule has 0 radical (unpaired) electrons. The number of nitrogens with zero attached hydrogens (tertiary/aromatic N) is 1. The van der Waals surface area contributed by atoms with Gasteiger partial charge in [-0.1, -0.05) is 25.3 Å². The summed E-state index contributed by atoms with van der Waals surface area (Å²) in [6.45, 7) is 3.51. The lowest BCUT2D eigenvalue weighted by atomic mass is 9.72. The van der Waals surface area contributed by atoms with Crippen LogP contribution in [0.5, 0.6) is 0 Å². The van der Waals surface area contributed by atoms with Crippen LogP contribution in [-0.4, -0.2) is 43.2 Å². The highest BCUT2D eigenvalue weighted by atomic mass is 19.1. The van der Waals surface area contributed by atoms with Crippen LogP contribution in [0.15, 0.2) is 29.3 Å². The number of carbonyl (C=O) groups excluding carboxylic acids is 1. The summed E-state index contributed by atoms with van der Waals surface area (Å²) in [6, 6.07) is 5.78. The van der Waals surface area contributed by atoms with Crippen molar-refractivity contribution in [2.24, 2.45) is 10.4 Å². The van der Waals surface area contributed by atoms with Gasteiger partial charge in [0, 0.05) is 25.4 Å². The van der Waals surface area contributed by atoms with Crippen LogP contribution in [0.2, 0.25) is 0 Å². The maximum Gasteiger partial charge on any atom is 0.246 e. The minimum absolute atomic E-state index is 0.0567. The Bertz CT molecular complexity index is 625. The number of anilines is 1. The predicted octanol–water partition coefficient (Wildman–Crippen LogP) is 2.65. The molecule has 150 valence electrons. The molecule has 0 heterocycles. The molecule has 2 rings (SSSR count). The Morgan fingerprint density at radius 3 is 2.70 bits per heavy atom. The van der Waals surface area contributed by atoms with Crippen molar-refractivity contribution in [3.05, 3.63) is 30.1 Å². The van der Waals surface area contributed by atoms with E-state index < -0.39 is 5.82 Å². The van der Waals surface area contributed by atoms with Crippen molar-refractivity contribution < 1.29 is 14.3 Å². The van der Waals surface area contributed by atoms with Crippen molar-refractivity contribution in [2.45, 2.75) is 45.4 Å². The lowest BCUT2D eigenvalue weighted by Gasteiger charge is -2.37. The van der Waals surface area contributed by atoms with Crippen molar-refractivity contribution in [1.82, 2.24) is 10.6 Å². The molecule has 1 saturated carbocycles. The second kappa shape index (κ2) is 10.9. The second-order valence-electron chi connectivity index (χ2n) is 7.14. The number of hydrogen-bond acceptors (Lipinski definition) is 3. The molecule has 0 saturated heterocycles. The zero-order valence-corrected chi connectivity index (χ0v) is 16.1. The molecule has 27 heavy (non-hydrogen) atoms. The van der Waals surface area contributed by atoms with E-state index in [-0.39, 0.29) is 24.5 Å². The largest absolute Gasteiger partial charge is 0.396 e. The minimum atomic E-state index is -0.395. The number of halogens is 1. The number of rotatable bonds is 8. The molecule has 0 atom stereocenters. The third-order valence-electron chi connectivity index (χ3n) is 5.02. The average Bonchev–Trinajstić information content (AvgIpc) is 2.65. The molecule has 1 aliphatic carbocycles. The summed E-state index contributed by atoms with van der Waals surface area (Å²) in [5, 5.41) is 18.6. The summed E-state index contributed by atoms with van der Waals surface area (Å²) in [5.74, 6) is -0.122. The van der Waals surface area contributed by atoms with Crippen molar-refractivity contribution in [3.8, 4) is 0 Å². The molecule has 4 N–H and O–H groups in total. The molecular weight excluding hydrogens is 347 g/mol. The fraction of sp³-hybridized carbons (Fsp3) is 0.600. The van der Waals surface area contributed by atoms with Crippen LogP contribution in [-0.2, 0) is 4.79 Å². The first-order chi connectivity index (χ1) is 13.1. The number of benzene rings is 1. The molecule has 0 aromatic heterocycles. The fourth-order valence-electron chi connectivity index (χ4n) is 3.58. The van der Waals surface area contributed by atoms with Gasteiger partial charge in [-0.25, -0.2) is 9.38 Å². The first-order valence-corrected chi connectivity index (χ1v) is 9.75. The molecule has 1 aromatic carbocycles. The highest BCUT2D eigenvalue weighted by molar-refractivity contribution is 5.94. The lowest BCUT2D eigenvalue weighted by Crippen LogP contribution is -2.45. The summed E-state index contributed by atoms with van der Waals surface area (Å²) < 4.78 is 13.2. The Hall–Kier alpha value is -2.15. The number of aliphatic hydroxyl groups excluding tert-OH is 1. The normalized spacial score (nSPS) is 16.6. The fourth-order valence-corrected chi connectivity index (χ4v) is 3.58. The Morgan fingerprint density at radius 1 is 1.26 bits per heavy atom. The lowest BCUT2D eigenvalue weighted by molar-refractivity contribution is -0.114. The van der Waals surface area contributed by atoms with Crippen molar-refractivity contribution in [1.29, 1.82) is 0 Å². The van der Waals surface area contributed by atoms with Crippen LogP contribution in [0.4, 0.5) is 10.1 Å². The van der Waals surface area contributed by atoms with Crippen LogP contribution >= 0.6 is 0 Å². The average molecular weight is 378 g/mol. The summed E-state index contributed by atoms with van der Waals surface area (Å²) in [5.41, 5.74) is 0.504. The molecule has 1 aliphatic rings. The Balaban J connectivity index is 1.91. The second-order valence-corrected chi connectivity index (χ2v) is 7.14. The molecule has 0 aliphatic heterocycles. The Kier molecular flexibility index (Phi) is 8.51. The number of aliphatic hydroxyl groups is 1. The first kappa shape index (κ1) is 21.2. The molecule has 0 spiro atoms. The highest BCUT2D eigenvalue weighted by Crippen LogP contribution is 2.38. The van der Waals surface area contributed by atoms with Gasteiger partial charge in [0.2, 0.25) is 5.91 Å². The van der Waals surface area contributed by atoms with Gasteiger partial charge < -0.3 is 21.1 Å². The zero-order chi connectivity index (χ0) is 19.5. The van der Waals surface area contributed by atoms with Crippen LogP contribution in [0.3, 0.4) is 0 Å². The smallest absolute Gasteiger partial charge is 0.246 e. The van der Waals surface area contributed by atoms with E-state index >= 15 is 0 Å². The number of carbonyl (C=O) groups is 1. The number of aliphatic imine (C=N–C) groups is 1. The van der Waals surface area contributed by atoms with E-state index in [2.05, 4.69) is 20.9 Å². The van der Waals surface area contributed by atoms with E-state index in [9.17, 15) is 14.3 Å². The van der Waals surface area contributed by atoms with Gasteiger partial charge in [-0.2, -0.15) is 0 Å². The van der Waals surface area contributed by atoms with Crippen LogP contribution in [0, 0.1) is 11.2 Å². The van der Waals surface area contributed by atoms with Crippen molar-refractivity contribution in [3.63, 3.8) is 0 Å². The Morgan fingerprint density at radius 2 is 2.04 bits per heavy atom. The predicted molar refractivity (Wildman–Crippen MR) is 106 cm³/mol. The number of hydrogen-bond donors (Lipinski definition) is 4. The highest BCUT2D eigenvalue weighted by Gasteiger charge is 2.31. The van der Waals surface area contributed by atoms with E-state index in [0.717, 1.165) is 25.8 Å². The topological polar surface area (TPSA) is 85.8 Å². The van der Waals surface area contributed by atoms with Gasteiger partial charge in [-0.15, -0.1) is 0 Å². The van der Waals surface area contributed by atoms with Gasteiger partial charge in [0.25, 0.3) is 0 Å². The third-order valence-corrected chi connectivity index (χ3v) is 5.02. The molecule has 6 nitrogen and oxygen atoms in total. The van der Waals surface area contributed by atoms with Crippen LogP contribution in [0.1, 0.15) is 45.4 Å². The summed E-state index contributed by atoms with van der Waals surface area (Å²) in [7, 11) is 0. The molecule has 7 heteroatoms. The van der Waals surface area contributed by atoms with Gasteiger partial charge in [0.1, 0.15) is 12.4 Å². The number of nitrogens with one attached hydrogen (secondary N) is 3. The Labute approximate surface area is 160 Å². The van der Waals surface area contributed by atoms with Crippen LogP contribution < -0.4 is 16.0 Å². The maximum absolute atomic E-state index is 13.2. The molecule has 1 fully saturated rings. The van der Waals surface area contributed by atoms with Crippen molar-refractivity contribution in [2.75, 3.05) is 31.6 Å². The van der Waals surface area contributed by atoms with E-state index in [1.165, 1.54) is 31.4 Å². The molecule has 1 amide bonds. The van der Waals surface area contributed by atoms with Gasteiger partial charge in [-0.05, 0) is 49.8 Å². The van der Waals surface area contributed by atoms with E-state index in [1.807, 2.05) is 6.92 Å². The van der Waals surface area contributed by atoms with E-state index in [0.29, 0.717) is 18.2 Å². The monoisotopic (exact) mass is 378 g/mol. The molecule has 0 bridgehead atoms. The van der Waals surface area contributed by atoms with Gasteiger partial charge >= 0.3 is 0 Å². The molecular formula is C20H31FN4O2. The molecule has 0 unspecified atom stereocenters. The van der Waals surface area contributed by atoms with Crippen molar-refractivity contribution >= 4 is 17.6 Å². The van der Waals surface area contributed by atoms with Crippen LogP contribution in [0.25, 0.3) is 0 Å². The number of guanidine groups is 1. The summed E-state index contributed by atoms with van der Waals surface area (Å²) in [6.07, 6.45) is 6.60. The summed E-state index contributed by atoms with van der Waals surface area (Å²) in [4.78, 5) is 16.4. The maximum atomic E-state index is 13.2. The van der Waals surface area contributed by atoms with Gasteiger partial charge in [0.15, 0.2) is 5.96 Å². The molecule has 1 aromatic rings. The first-order valence-electron chi connectivity index (χ1n) is 9.75. The van der Waals surface area contributed by atoms with E-state index in [1.54, 1.807) is 12.1 Å². The minimum Gasteiger partial charge on any atom is -0.396 e. The van der Waals surface area contributed by atoms with Gasteiger partial charge in [-0.3, -0.25) is 4.79 Å².